The molecule has 0 radical (unpaired) electrons. The van der Waals surface area contributed by atoms with Crippen LogP contribution in [0.2, 0.25) is 0 Å². The van der Waals surface area contributed by atoms with Crippen LogP contribution in [-0.2, 0) is 18.5 Å². The first-order chi connectivity index (χ1) is 15.2. The zero-order valence-electron chi connectivity index (χ0n) is 19.7. The average molecular weight is 416 g/mol. The number of nitrogens with zero attached hydrogens (tertiary/aromatic N) is 3. The third kappa shape index (κ3) is 3.91. The molecule has 3 heterocycles. The van der Waals surface area contributed by atoms with Crippen molar-refractivity contribution in [2.45, 2.75) is 84.7 Å². The van der Waals surface area contributed by atoms with E-state index in [1.54, 1.807) is 0 Å². The summed E-state index contributed by atoms with van der Waals surface area (Å²) >= 11 is 0. The van der Waals surface area contributed by atoms with Gasteiger partial charge in [-0.25, -0.2) is 9.13 Å². The SMILES string of the molecule is CCCC[n+]1ccc(-c2cnc3c(c2)C(CC)(CC)c2c[n+](CCCC)ccc2-3)cc1. The molecule has 4 rings (SSSR count). The van der Waals surface area contributed by atoms with Gasteiger partial charge in [-0.15, -0.1) is 0 Å². The standard InChI is InChI=1S/C28H37N3/c1-5-9-14-30-16-11-22(12-17-30)23-19-25-27(29-20-23)24-13-18-31(15-10-6-2)21-26(24)28(25,7-3)8-4/h11-13,16-21H,5-10,14-15H2,1-4H3/q+2. The Morgan fingerprint density at radius 1 is 0.774 bits per heavy atom. The number of aromatic nitrogens is 3. The first-order valence-electron chi connectivity index (χ1n) is 12.2. The van der Waals surface area contributed by atoms with E-state index in [1.807, 2.05) is 0 Å². The van der Waals surface area contributed by atoms with Crippen molar-refractivity contribution in [3.63, 3.8) is 0 Å². The Balaban J connectivity index is 1.74. The third-order valence-electron chi connectivity index (χ3n) is 7.16. The normalized spacial score (nSPS) is 13.8. The average Bonchev–Trinajstić information content (AvgIpc) is 3.10. The minimum Gasteiger partial charge on any atom is -0.255 e. The highest BCUT2D eigenvalue weighted by molar-refractivity contribution is 5.80. The summed E-state index contributed by atoms with van der Waals surface area (Å²) < 4.78 is 4.66. The predicted octanol–water partition coefficient (Wildman–Crippen LogP) is 6.01. The lowest BCUT2D eigenvalue weighted by molar-refractivity contribution is -0.697. The van der Waals surface area contributed by atoms with Crippen molar-refractivity contribution in [2.24, 2.45) is 0 Å². The number of hydrogen-bond donors (Lipinski definition) is 0. The van der Waals surface area contributed by atoms with Gasteiger partial charge in [0, 0.05) is 59.3 Å². The molecule has 0 bridgehead atoms. The fraction of sp³-hybridized carbons (Fsp3) is 0.464. The van der Waals surface area contributed by atoms with Crippen molar-refractivity contribution in [2.75, 3.05) is 0 Å². The van der Waals surface area contributed by atoms with E-state index in [4.69, 9.17) is 4.98 Å². The molecule has 0 spiro atoms. The summed E-state index contributed by atoms with van der Waals surface area (Å²) in [6.45, 7) is 11.3. The first kappa shape index (κ1) is 21.7. The highest BCUT2D eigenvalue weighted by Gasteiger charge is 2.43. The van der Waals surface area contributed by atoms with Crippen molar-refractivity contribution in [3.8, 4) is 22.4 Å². The van der Waals surface area contributed by atoms with Gasteiger partial charge >= 0.3 is 0 Å². The van der Waals surface area contributed by atoms with E-state index in [-0.39, 0.29) is 5.41 Å². The molecule has 3 aromatic heterocycles. The molecule has 0 saturated carbocycles. The lowest BCUT2D eigenvalue weighted by Gasteiger charge is -2.28. The van der Waals surface area contributed by atoms with Gasteiger partial charge in [0.15, 0.2) is 24.8 Å². The smallest absolute Gasteiger partial charge is 0.173 e. The number of pyridine rings is 3. The molecule has 0 aliphatic heterocycles. The van der Waals surface area contributed by atoms with E-state index in [0.29, 0.717) is 0 Å². The molecule has 0 unspecified atom stereocenters. The Morgan fingerprint density at radius 2 is 1.42 bits per heavy atom. The molecular formula is C28H37N3+2. The van der Waals surface area contributed by atoms with Gasteiger partial charge in [-0.05, 0) is 30.0 Å². The summed E-state index contributed by atoms with van der Waals surface area (Å²) in [6, 6.07) is 9.18. The number of rotatable bonds is 9. The van der Waals surface area contributed by atoms with Crippen LogP contribution in [0.4, 0.5) is 0 Å². The lowest BCUT2D eigenvalue weighted by Crippen LogP contribution is -2.35. The van der Waals surface area contributed by atoms with E-state index in [1.165, 1.54) is 59.2 Å². The first-order valence-corrected chi connectivity index (χ1v) is 12.2. The molecule has 3 heteroatoms. The molecule has 1 aliphatic rings. The van der Waals surface area contributed by atoms with Crippen LogP contribution in [0, 0.1) is 0 Å². The largest absolute Gasteiger partial charge is 0.255 e. The van der Waals surface area contributed by atoms with Crippen molar-refractivity contribution in [1.29, 1.82) is 0 Å². The maximum Gasteiger partial charge on any atom is 0.173 e. The Labute approximate surface area is 187 Å². The molecule has 31 heavy (non-hydrogen) atoms. The van der Waals surface area contributed by atoms with E-state index >= 15 is 0 Å². The summed E-state index contributed by atoms with van der Waals surface area (Å²) in [7, 11) is 0. The van der Waals surface area contributed by atoms with Crippen LogP contribution in [0.25, 0.3) is 22.4 Å². The number of fused-ring (bicyclic) bond motifs is 3. The number of aryl methyl sites for hydroxylation is 2. The summed E-state index contributed by atoms with van der Waals surface area (Å²) in [5, 5.41) is 0. The maximum atomic E-state index is 5.02. The van der Waals surface area contributed by atoms with Gasteiger partial charge < -0.3 is 0 Å². The Morgan fingerprint density at radius 3 is 2.06 bits per heavy atom. The van der Waals surface area contributed by atoms with Crippen LogP contribution in [0.3, 0.4) is 0 Å². The zero-order valence-corrected chi connectivity index (χ0v) is 19.7. The second-order valence-corrected chi connectivity index (χ2v) is 8.95. The van der Waals surface area contributed by atoms with E-state index in [9.17, 15) is 0 Å². The van der Waals surface area contributed by atoms with E-state index < -0.39 is 0 Å². The molecule has 1 aliphatic carbocycles. The molecule has 0 atom stereocenters. The van der Waals surface area contributed by atoms with Crippen LogP contribution >= 0.6 is 0 Å². The Bertz CT molecular complexity index is 1030. The van der Waals surface area contributed by atoms with Crippen LogP contribution in [0.15, 0.2) is 55.2 Å². The maximum absolute atomic E-state index is 5.02. The monoisotopic (exact) mass is 415 g/mol. The van der Waals surface area contributed by atoms with E-state index in [2.05, 4.69) is 92.1 Å². The molecule has 0 N–H and O–H groups in total. The van der Waals surface area contributed by atoms with Crippen LogP contribution < -0.4 is 9.13 Å². The fourth-order valence-electron chi connectivity index (χ4n) is 5.10. The summed E-state index contributed by atoms with van der Waals surface area (Å²) in [5.74, 6) is 0. The van der Waals surface area contributed by atoms with Crippen LogP contribution in [0.1, 0.15) is 77.3 Å². The number of hydrogen-bond acceptors (Lipinski definition) is 1. The molecule has 0 aromatic carbocycles. The van der Waals surface area contributed by atoms with E-state index in [0.717, 1.165) is 25.9 Å². The zero-order chi connectivity index (χ0) is 21.8. The van der Waals surface area contributed by atoms with Gasteiger partial charge in [-0.2, -0.15) is 0 Å². The second-order valence-electron chi connectivity index (χ2n) is 8.95. The minimum atomic E-state index is 0.0543. The second kappa shape index (κ2) is 9.30. The predicted molar refractivity (Wildman–Crippen MR) is 127 cm³/mol. The van der Waals surface area contributed by atoms with Gasteiger partial charge in [0.25, 0.3) is 0 Å². The van der Waals surface area contributed by atoms with Crippen LogP contribution in [-0.4, -0.2) is 4.98 Å². The number of unbranched alkanes of at least 4 members (excludes halogenated alkanes) is 2. The highest BCUT2D eigenvalue weighted by Crippen LogP contribution is 2.51. The third-order valence-corrected chi connectivity index (χ3v) is 7.16. The van der Waals surface area contributed by atoms with Gasteiger partial charge in [0.2, 0.25) is 0 Å². The topological polar surface area (TPSA) is 20.6 Å². The van der Waals surface area contributed by atoms with Crippen LogP contribution in [0.5, 0.6) is 0 Å². The summed E-state index contributed by atoms with van der Waals surface area (Å²) in [5.41, 5.74) is 7.89. The molecule has 3 nitrogen and oxygen atoms in total. The lowest BCUT2D eigenvalue weighted by atomic mass is 9.74. The van der Waals surface area contributed by atoms with Crippen molar-refractivity contribution in [3.05, 3.63) is 66.4 Å². The molecule has 3 aromatic rings. The van der Waals surface area contributed by atoms with Gasteiger partial charge in [-0.3, -0.25) is 4.98 Å². The molecule has 0 amide bonds. The van der Waals surface area contributed by atoms with Gasteiger partial charge in [-0.1, -0.05) is 40.5 Å². The molecule has 0 fully saturated rings. The quantitative estimate of drug-likeness (QED) is 0.392. The minimum absolute atomic E-state index is 0.0543. The summed E-state index contributed by atoms with van der Waals surface area (Å²) in [4.78, 5) is 5.02. The fourth-order valence-corrected chi connectivity index (χ4v) is 5.10. The Kier molecular flexibility index (Phi) is 6.50. The van der Waals surface area contributed by atoms with Gasteiger partial charge in [0.05, 0.1) is 5.69 Å². The van der Waals surface area contributed by atoms with Crippen molar-refractivity contribution < 1.29 is 9.13 Å². The molecular weight excluding hydrogens is 378 g/mol. The molecule has 0 saturated heterocycles. The van der Waals surface area contributed by atoms with Crippen molar-refractivity contribution in [1.82, 2.24) is 4.98 Å². The summed E-state index contributed by atoms with van der Waals surface area (Å²) in [6.07, 6.45) is 18.2. The van der Waals surface area contributed by atoms with Crippen molar-refractivity contribution >= 4 is 0 Å². The molecule has 162 valence electrons. The highest BCUT2D eigenvalue weighted by atomic mass is 14.9. The van der Waals surface area contributed by atoms with Gasteiger partial charge in [0.1, 0.15) is 13.1 Å². The Hall–Kier alpha value is -2.55.